The molecule has 0 bridgehead atoms. The lowest BCUT2D eigenvalue weighted by atomic mass is 10.1. The Kier molecular flexibility index (Phi) is 5.05. The fraction of sp³-hybridized carbons (Fsp3) is 0.188. The summed E-state index contributed by atoms with van der Waals surface area (Å²) in [4.78, 5) is 16.1. The van der Waals surface area contributed by atoms with Gasteiger partial charge in [0.05, 0.1) is 17.0 Å². The third-order valence-electron chi connectivity index (χ3n) is 3.62. The van der Waals surface area contributed by atoms with Crippen LogP contribution in [0.5, 0.6) is 0 Å². The van der Waals surface area contributed by atoms with Crippen LogP contribution in [-0.2, 0) is 21.2 Å². The summed E-state index contributed by atoms with van der Waals surface area (Å²) in [6.07, 6.45) is 1.65. The minimum absolute atomic E-state index is 0.0800. The van der Waals surface area contributed by atoms with Crippen molar-refractivity contribution in [1.82, 2.24) is 10.1 Å². The molecule has 0 radical (unpaired) electrons. The summed E-state index contributed by atoms with van der Waals surface area (Å²) in [5, 5.41) is 8.51. The molecule has 26 heavy (non-hydrogen) atoms. The first-order chi connectivity index (χ1) is 12.3. The molecule has 0 unspecified atom stereocenters. The van der Waals surface area contributed by atoms with Gasteiger partial charge < -0.3 is 9.84 Å². The predicted molar refractivity (Wildman–Crippen MR) is 97.7 cm³/mol. The van der Waals surface area contributed by atoms with E-state index in [4.69, 9.17) is 4.52 Å². The number of anilines is 2. The molecule has 0 atom stereocenters. The van der Waals surface area contributed by atoms with Crippen LogP contribution in [-0.4, -0.2) is 24.5 Å². The molecule has 136 valence electrons. The lowest BCUT2D eigenvalue weighted by Gasteiger charge is -2.08. The number of hydrogen-bond donors (Lipinski definition) is 2. The molecule has 3 aromatic rings. The Morgan fingerprint density at radius 2 is 1.96 bits per heavy atom. The molecular formula is C16H16N4O4S2. The summed E-state index contributed by atoms with van der Waals surface area (Å²) in [5.74, 6) is 0.364. The van der Waals surface area contributed by atoms with Gasteiger partial charge in [0, 0.05) is 22.8 Å². The van der Waals surface area contributed by atoms with Gasteiger partial charge in [-0.15, -0.1) is 11.3 Å². The number of aromatic nitrogens is 2. The van der Waals surface area contributed by atoms with Crippen molar-refractivity contribution < 1.29 is 17.7 Å². The van der Waals surface area contributed by atoms with Crippen LogP contribution in [0, 0.1) is 13.8 Å². The first kappa shape index (κ1) is 18.1. The van der Waals surface area contributed by atoms with Gasteiger partial charge in [0.15, 0.2) is 5.13 Å². The van der Waals surface area contributed by atoms with Crippen LogP contribution in [0.1, 0.15) is 17.0 Å². The van der Waals surface area contributed by atoms with Gasteiger partial charge in [-0.1, -0.05) is 5.16 Å². The zero-order valence-electron chi connectivity index (χ0n) is 14.0. The van der Waals surface area contributed by atoms with Crippen molar-refractivity contribution in [2.24, 2.45) is 0 Å². The van der Waals surface area contributed by atoms with Gasteiger partial charge in [-0.3, -0.25) is 9.52 Å². The Labute approximate surface area is 154 Å². The molecule has 1 aromatic carbocycles. The minimum Gasteiger partial charge on any atom is -0.361 e. The summed E-state index contributed by atoms with van der Waals surface area (Å²) in [6, 6.07) is 5.90. The summed E-state index contributed by atoms with van der Waals surface area (Å²) in [6.45, 7) is 3.52. The van der Waals surface area contributed by atoms with E-state index in [1.165, 1.54) is 41.8 Å². The van der Waals surface area contributed by atoms with E-state index in [-0.39, 0.29) is 17.2 Å². The van der Waals surface area contributed by atoms with Crippen LogP contribution in [0.2, 0.25) is 0 Å². The van der Waals surface area contributed by atoms with Gasteiger partial charge in [0.25, 0.3) is 10.0 Å². The zero-order chi connectivity index (χ0) is 18.7. The molecule has 0 aliphatic rings. The van der Waals surface area contributed by atoms with Crippen molar-refractivity contribution in [1.29, 1.82) is 0 Å². The number of carbonyl (C=O) groups is 1. The first-order valence-corrected chi connectivity index (χ1v) is 9.95. The molecule has 3 rings (SSSR count). The second-order valence-electron chi connectivity index (χ2n) is 5.49. The van der Waals surface area contributed by atoms with Gasteiger partial charge in [-0.2, -0.15) is 0 Å². The van der Waals surface area contributed by atoms with Gasteiger partial charge >= 0.3 is 0 Å². The predicted octanol–water partition coefficient (Wildman–Crippen LogP) is 2.73. The van der Waals surface area contributed by atoms with Crippen molar-refractivity contribution >= 4 is 38.1 Å². The maximum absolute atomic E-state index is 12.3. The molecule has 0 aliphatic carbocycles. The molecule has 2 N–H and O–H groups in total. The van der Waals surface area contributed by atoms with E-state index in [0.29, 0.717) is 22.3 Å². The van der Waals surface area contributed by atoms with Crippen LogP contribution in [0.15, 0.2) is 45.3 Å². The highest BCUT2D eigenvalue weighted by atomic mass is 32.2. The normalized spacial score (nSPS) is 11.3. The van der Waals surface area contributed by atoms with Crippen LogP contribution in [0.3, 0.4) is 0 Å². The first-order valence-electron chi connectivity index (χ1n) is 7.59. The Hall–Kier alpha value is -2.72. The van der Waals surface area contributed by atoms with Gasteiger partial charge in [0.2, 0.25) is 5.91 Å². The molecule has 1 amide bonds. The van der Waals surface area contributed by atoms with Gasteiger partial charge in [0.1, 0.15) is 5.76 Å². The Balaban J connectivity index is 1.67. The van der Waals surface area contributed by atoms with E-state index in [9.17, 15) is 13.2 Å². The van der Waals surface area contributed by atoms with E-state index < -0.39 is 10.0 Å². The quantitative estimate of drug-likeness (QED) is 0.667. The highest BCUT2D eigenvalue weighted by Gasteiger charge is 2.16. The lowest BCUT2D eigenvalue weighted by Crippen LogP contribution is -2.16. The monoisotopic (exact) mass is 392 g/mol. The molecule has 8 nitrogen and oxygen atoms in total. The number of rotatable bonds is 6. The maximum Gasteiger partial charge on any atom is 0.263 e. The number of benzene rings is 1. The second kappa shape index (κ2) is 7.26. The second-order valence-corrected chi connectivity index (χ2v) is 8.07. The van der Waals surface area contributed by atoms with Crippen LogP contribution in [0.25, 0.3) is 0 Å². The van der Waals surface area contributed by atoms with E-state index in [2.05, 4.69) is 20.2 Å². The van der Waals surface area contributed by atoms with Crippen molar-refractivity contribution in [3.05, 3.63) is 52.9 Å². The van der Waals surface area contributed by atoms with E-state index >= 15 is 0 Å². The molecule has 10 heteroatoms. The average Bonchev–Trinajstić information content (AvgIpc) is 3.20. The van der Waals surface area contributed by atoms with Crippen molar-refractivity contribution in [2.45, 2.75) is 25.2 Å². The smallest absolute Gasteiger partial charge is 0.263 e. The number of amides is 1. The molecule has 0 saturated heterocycles. The van der Waals surface area contributed by atoms with Crippen molar-refractivity contribution in [3.63, 3.8) is 0 Å². The Bertz CT molecular complexity index is 990. The van der Waals surface area contributed by atoms with Crippen molar-refractivity contribution in [2.75, 3.05) is 10.0 Å². The van der Waals surface area contributed by atoms with Gasteiger partial charge in [-0.25, -0.2) is 13.4 Å². The van der Waals surface area contributed by atoms with Crippen LogP contribution < -0.4 is 10.0 Å². The number of nitrogens with one attached hydrogen (secondary N) is 2. The highest BCUT2D eigenvalue weighted by Crippen LogP contribution is 2.20. The largest absolute Gasteiger partial charge is 0.361 e. The third kappa shape index (κ3) is 4.09. The van der Waals surface area contributed by atoms with Crippen LogP contribution in [0.4, 0.5) is 10.8 Å². The number of sulfonamides is 1. The number of aryl methyl sites for hydroxylation is 2. The Morgan fingerprint density at radius 3 is 2.54 bits per heavy atom. The molecular weight excluding hydrogens is 376 g/mol. The number of thiazole rings is 1. The molecule has 2 aromatic heterocycles. The van der Waals surface area contributed by atoms with E-state index in [1.54, 1.807) is 19.2 Å². The summed E-state index contributed by atoms with van der Waals surface area (Å²) in [5.41, 5.74) is 1.91. The van der Waals surface area contributed by atoms with E-state index in [0.717, 1.165) is 5.56 Å². The summed E-state index contributed by atoms with van der Waals surface area (Å²) in [7, 11) is -3.72. The SMILES string of the molecule is Cc1noc(C)c1CC(=O)Nc1ccc(S(=O)(=O)Nc2nccs2)cc1. The number of hydrogen-bond acceptors (Lipinski definition) is 7. The lowest BCUT2D eigenvalue weighted by molar-refractivity contribution is -0.115. The van der Waals surface area contributed by atoms with Crippen molar-refractivity contribution in [3.8, 4) is 0 Å². The topological polar surface area (TPSA) is 114 Å². The summed E-state index contributed by atoms with van der Waals surface area (Å²) < 4.78 is 32.0. The standard InChI is InChI=1S/C16H16N4O4S2/c1-10-14(11(2)24-19-10)9-15(21)18-12-3-5-13(6-4-12)26(22,23)20-16-17-7-8-25-16/h3-8H,9H2,1-2H3,(H,17,20)(H,18,21). The molecule has 0 saturated carbocycles. The molecule has 2 heterocycles. The summed E-state index contributed by atoms with van der Waals surface area (Å²) >= 11 is 1.19. The highest BCUT2D eigenvalue weighted by molar-refractivity contribution is 7.93. The minimum atomic E-state index is -3.72. The zero-order valence-corrected chi connectivity index (χ0v) is 15.6. The van der Waals surface area contributed by atoms with Gasteiger partial charge in [-0.05, 0) is 38.1 Å². The average molecular weight is 392 g/mol. The number of carbonyl (C=O) groups excluding carboxylic acids is 1. The fourth-order valence-corrected chi connectivity index (χ4v) is 4.07. The number of nitrogens with zero attached hydrogens (tertiary/aromatic N) is 2. The molecule has 0 fully saturated rings. The molecule has 0 spiro atoms. The van der Waals surface area contributed by atoms with E-state index in [1.807, 2.05) is 0 Å². The fourth-order valence-electron chi connectivity index (χ4n) is 2.29. The van der Waals surface area contributed by atoms with Crippen LogP contribution >= 0.6 is 11.3 Å². The third-order valence-corrected chi connectivity index (χ3v) is 5.79. The Morgan fingerprint density at radius 1 is 1.23 bits per heavy atom. The maximum atomic E-state index is 12.3. The molecule has 0 aliphatic heterocycles.